The SMILES string of the molecule is C=CCN(c1ccc(C(=O)O)cc1)S(C)(=O)=O. The van der Waals surface area contributed by atoms with Crippen molar-refractivity contribution < 1.29 is 18.3 Å². The number of nitrogens with zero attached hydrogens (tertiary/aromatic N) is 1. The van der Waals surface area contributed by atoms with Crippen molar-refractivity contribution in [1.29, 1.82) is 0 Å². The number of hydrogen-bond donors (Lipinski definition) is 1. The fourth-order valence-corrected chi connectivity index (χ4v) is 2.20. The number of benzene rings is 1. The van der Waals surface area contributed by atoms with E-state index in [2.05, 4.69) is 6.58 Å². The van der Waals surface area contributed by atoms with Gasteiger partial charge in [0.1, 0.15) is 0 Å². The molecule has 0 saturated carbocycles. The Hall–Kier alpha value is -1.82. The molecule has 0 saturated heterocycles. The summed E-state index contributed by atoms with van der Waals surface area (Å²) in [5.41, 5.74) is 0.526. The van der Waals surface area contributed by atoms with E-state index in [1.54, 1.807) is 0 Å². The third kappa shape index (κ3) is 3.32. The van der Waals surface area contributed by atoms with Crippen molar-refractivity contribution in [1.82, 2.24) is 0 Å². The Balaban J connectivity index is 3.12. The van der Waals surface area contributed by atoms with Gasteiger partial charge in [-0.1, -0.05) is 6.08 Å². The van der Waals surface area contributed by atoms with Gasteiger partial charge in [-0.05, 0) is 24.3 Å². The Morgan fingerprint density at radius 3 is 2.29 bits per heavy atom. The lowest BCUT2D eigenvalue weighted by atomic mass is 10.2. The lowest BCUT2D eigenvalue weighted by Crippen LogP contribution is -2.29. The van der Waals surface area contributed by atoms with Crippen molar-refractivity contribution in [2.75, 3.05) is 17.1 Å². The molecule has 0 fully saturated rings. The van der Waals surface area contributed by atoms with Crippen LogP contribution in [0.15, 0.2) is 36.9 Å². The van der Waals surface area contributed by atoms with Gasteiger partial charge in [-0.15, -0.1) is 6.58 Å². The quantitative estimate of drug-likeness (QED) is 0.806. The summed E-state index contributed by atoms with van der Waals surface area (Å²) in [5, 5.41) is 8.73. The van der Waals surface area contributed by atoms with Crippen LogP contribution in [0.1, 0.15) is 10.4 Å². The number of carbonyl (C=O) groups is 1. The molecule has 0 spiro atoms. The van der Waals surface area contributed by atoms with Gasteiger partial charge in [0.25, 0.3) is 0 Å². The van der Waals surface area contributed by atoms with Crippen molar-refractivity contribution in [3.8, 4) is 0 Å². The minimum absolute atomic E-state index is 0.112. The van der Waals surface area contributed by atoms with Crippen LogP contribution in [0.25, 0.3) is 0 Å². The monoisotopic (exact) mass is 255 g/mol. The molecule has 92 valence electrons. The highest BCUT2D eigenvalue weighted by Gasteiger charge is 2.15. The second kappa shape index (κ2) is 5.01. The van der Waals surface area contributed by atoms with Crippen LogP contribution < -0.4 is 4.31 Å². The van der Waals surface area contributed by atoms with Gasteiger partial charge in [-0.25, -0.2) is 13.2 Å². The molecule has 1 aromatic rings. The highest BCUT2D eigenvalue weighted by molar-refractivity contribution is 7.92. The lowest BCUT2D eigenvalue weighted by molar-refractivity contribution is 0.0697. The summed E-state index contributed by atoms with van der Waals surface area (Å²) in [7, 11) is -3.40. The number of sulfonamides is 1. The maximum atomic E-state index is 11.5. The van der Waals surface area contributed by atoms with E-state index in [0.717, 1.165) is 10.6 Å². The van der Waals surface area contributed by atoms with E-state index < -0.39 is 16.0 Å². The van der Waals surface area contributed by atoms with Crippen molar-refractivity contribution in [3.05, 3.63) is 42.5 Å². The number of hydrogen-bond acceptors (Lipinski definition) is 3. The van der Waals surface area contributed by atoms with E-state index in [1.165, 1.54) is 30.3 Å². The third-order valence-electron chi connectivity index (χ3n) is 2.10. The van der Waals surface area contributed by atoms with Crippen LogP contribution in [0.2, 0.25) is 0 Å². The van der Waals surface area contributed by atoms with Crippen LogP contribution in [0.5, 0.6) is 0 Å². The smallest absolute Gasteiger partial charge is 0.335 e. The van der Waals surface area contributed by atoms with E-state index >= 15 is 0 Å². The molecule has 0 unspecified atom stereocenters. The van der Waals surface area contributed by atoms with Crippen LogP contribution in [-0.4, -0.2) is 32.3 Å². The first-order chi connectivity index (χ1) is 7.86. The van der Waals surface area contributed by atoms with Gasteiger partial charge in [0, 0.05) is 0 Å². The second-order valence-corrected chi connectivity index (χ2v) is 5.34. The minimum Gasteiger partial charge on any atom is -0.478 e. The van der Waals surface area contributed by atoms with Crippen LogP contribution in [0.3, 0.4) is 0 Å². The van der Waals surface area contributed by atoms with Crippen molar-refractivity contribution >= 4 is 21.7 Å². The molecule has 1 N–H and O–H groups in total. The fourth-order valence-electron chi connectivity index (χ4n) is 1.32. The second-order valence-electron chi connectivity index (χ2n) is 3.43. The lowest BCUT2D eigenvalue weighted by Gasteiger charge is -2.20. The van der Waals surface area contributed by atoms with E-state index in [1.807, 2.05) is 0 Å². The molecule has 0 bridgehead atoms. The molecule has 0 atom stereocenters. The van der Waals surface area contributed by atoms with Crippen LogP contribution in [0.4, 0.5) is 5.69 Å². The standard InChI is InChI=1S/C11H13NO4S/c1-3-8-12(17(2,15)16)10-6-4-9(5-7-10)11(13)14/h3-7H,1,8H2,2H3,(H,13,14). The Morgan fingerprint density at radius 2 is 1.94 bits per heavy atom. The van der Waals surface area contributed by atoms with Crippen LogP contribution in [-0.2, 0) is 10.0 Å². The summed E-state index contributed by atoms with van der Waals surface area (Å²) in [4.78, 5) is 10.7. The molecule has 0 amide bonds. The third-order valence-corrected chi connectivity index (χ3v) is 3.26. The molecule has 1 rings (SSSR count). The molecule has 0 heterocycles. The van der Waals surface area contributed by atoms with Gasteiger partial charge in [0.05, 0.1) is 24.1 Å². The molecule has 0 aromatic heterocycles. The van der Waals surface area contributed by atoms with Crippen molar-refractivity contribution in [3.63, 3.8) is 0 Å². The summed E-state index contributed by atoms with van der Waals surface area (Å²) in [5.74, 6) is -1.05. The molecule has 17 heavy (non-hydrogen) atoms. The highest BCUT2D eigenvalue weighted by Crippen LogP contribution is 2.18. The van der Waals surface area contributed by atoms with Gasteiger partial charge in [0.2, 0.25) is 10.0 Å². The zero-order valence-corrected chi connectivity index (χ0v) is 10.1. The number of anilines is 1. The predicted molar refractivity (Wildman–Crippen MR) is 65.8 cm³/mol. The molecular formula is C11H13NO4S. The number of carboxylic acids is 1. The van der Waals surface area contributed by atoms with Gasteiger partial charge in [0.15, 0.2) is 0 Å². The largest absolute Gasteiger partial charge is 0.478 e. The first-order valence-electron chi connectivity index (χ1n) is 4.78. The van der Waals surface area contributed by atoms with Gasteiger partial charge >= 0.3 is 5.97 Å². The Morgan fingerprint density at radius 1 is 1.41 bits per heavy atom. The van der Waals surface area contributed by atoms with Crippen LogP contribution in [0, 0.1) is 0 Å². The molecule has 0 aliphatic heterocycles. The zero-order valence-electron chi connectivity index (χ0n) is 9.33. The number of aromatic carboxylic acids is 1. The zero-order chi connectivity index (χ0) is 13.1. The van der Waals surface area contributed by atoms with Gasteiger partial charge in [-0.3, -0.25) is 4.31 Å². The molecule has 6 heteroatoms. The molecule has 0 aliphatic carbocycles. The van der Waals surface area contributed by atoms with Gasteiger partial charge < -0.3 is 5.11 Å². The number of rotatable bonds is 5. The Bertz CT molecular complexity index is 519. The fraction of sp³-hybridized carbons (Fsp3) is 0.182. The normalized spacial score (nSPS) is 10.9. The molecule has 5 nitrogen and oxygen atoms in total. The summed E-state index contributed by atoms with van der Waals surface area (Å²) >= 11 is 0. The summed E-state index contributed by atoms with van der Waals surface area (Å²) in [6.45, 7) is 3.63. The predicted octanol–water partition coefficient (Wildman–Crippen LogP) is 1.34. The van der Waals surface area contributed by atoms with Crippen molar-refractivity contribution in [2.24, 2.45) is 0 Å². The topological polar surface area (TPSA) is 74.7 Å². The summed E-state index contributed by atoms with van der Waals surface area (Å²) in [6.07, 6.45) is 2.55. The van der Waals surface area contributed by atoms with E-state index in [0.29, 0.717) is 5.69 Å². The van der Waals surface area contributed by atoms with Gasteiger partial charge in [-0.2, -0.15) is 0 Å². The highest BCUT2D eigenvalue weighted by atomic mass is 32.2. The summed E-state index contributed by atoms with van der Waals surface area (Å²) < 4.78 is 24.1. The minimum atomic E-state index is -3.40. The maximum Gasteiger partial charge on any atom is 0.335 e. The molecule has 0 aliphatic rings. The molecule has 0 radical (unpaired) electrons. The Kier molecular flexibility index (Phi) is 3.90. The van der Waals surface area contributed by atoms with Crippen molar-refractivity contribution in [2.45, 2.75) is 0 Å². The average Bonchev–Trinajstić information content (AvgIpc) is 2.24. The molecule has 1 aromatic carbocycles. The molecular weight excluding hydrogens is 242 g/mol. The van der Waals surface area contributed by atoms with E-state index in [9.17, 15) is 13.2 Å². The Labute approximate surface area is 100 Å². The first-order valence-corrected chi connectivity index (χ1v) is 6.63. The summed E-state index contributed by atoms with van der Waals surface area (Å²) in [6, 6.07) is 5.62. The van der Waals surface area contributed by atoms with Crippen LogP contribution >= 0.6 is 0 Å². The first kappa shape index (κ1) is 13.2. The average molecular weight is 255 g/mol. The number of carboxylic acid groups (broad SMARTS) is 1. The van der Waals surface area contributed by atoms with E-state index in [-0.39, 0.29) is 12.1 Å². The maximum absolute atomic E-state index is 11.5. The van der Waals surface area contributed by atoms with E-state index in [4.69, 9.17) is 5.11 Å².